The molecule has 3 unspecified atom stereocenters. The third-order valence-corrected chi connectivity index (χ3v) is 3.67. The summed E-state index contributed by atoms with van der Waals surface area (Å²) >= 11 is 0. The Labute approximate surface area is 98.7 Å². The van der Waals surface area contributed by atoms with E-state index in [0.717, 1.165) is 19.3 Å². The first-order chi connectivity index (χ1) is 7.35. The molecule has 0 saturated heterocycles. The second kappa shape index (κ2) is 5.17. The number of carbonyl (C=O) groups is 1. The minimum atomic E-state index is -0.735. The Morgan fingerprint density at radius 3 is 2.56 bits per heavy atom. The Bertz CT molecular complexity index is 252. The Hall–Kier alpha value is -0.570. The van der Waals surface area contributed by atoms with Gasteiger partial charge in [-0.1, -0.05) is 33.6 Å². The standard InChI is InChI=1S/C13H25NO2/c1-9(2)11(4)16-12(15)13(14)7-5-6-10(3)8-13/h9-11H,5-8,14H2,1-4H3. The number of carbonyl (C=O) groups excluding carboxylic acids is 1. The van der Waals surface area contributed by atoms with Gasteiger partial charge in [0.25, 0.3) is 0 Å². The van der Waals surface area contributed by atoms with Crippen LogP contribution in [0.25, 0.3) is 0 Å². The molecule has 1 aliphatic carbocycles. The summed E-state index contributed by atoms with van der Waals surface area (Å²) in [7, 11) is 0. The van der Waals surface area contributed by atoms with E-state index in [1.165, 1.54) is 6.42 Å². The smallest absolute Gasteiger partial charge is 0.326 e. The van der Waals surface area contributed by atoms with Crippen LogP contribution in [0.15, 0.2) is 0 Å². The number of esters is 1. The minimum Gasteiger partial charge on any atom is -0.461 e. The molecule has 3 atom stereocenters. The topological polar surface area (TPSA) is 52.3 Å². The van der Waals surface area contributed by atoms with Crippen LogP contribution in [0.1, 0.15) is 53.4 Å². The molecule has 0 aromatic rings. The fourth-order valence-electron chi connectivity index (χ4n) is 2.20. The van der Waals surface area contributed by atoms with E-state index in [1.807, 2.05) is 20.8 Å². The third kappa shape index (κ3) is 3.21. The van der Waals surface area contributed by atoms with Crippen molar-refractivity contribution >= 4 is 5.97 Å². The number of ether oxygens (including phenoxy) is 1. The number of hydrogen-bond acceptors (Lipinski definition) is 3. The molecule has 1 saturated carbocycles. The van der Waals surface area contributed by atoms with Gasteiger partial charge in [-0.05, 0) is 31.6 Å². The fraction of sp³-hybridized carbons (Fsp3) is 0.923. The Morgan fingerprint density at radius 1 is 1.44 bits per heavy atom. The van der Waals surface area contributed by atoms with Gasteiger partial charge in [-0.15, -0.1) is 0 Å². The van der Waals surface area contributed by atoms with Crippen molar-refractivity contribution in [2.24, 2.45) is 17.6 Å². The van der Waals surface area contributed by atoms with Gasteiger partial charge in [-0.3, -0.25) is 4.79 Å². The zero-order chi connectivity index (χ0) is 12.3. The first-order valence-corrected chi connectivity index (χ1v) is 6.35. The van der Waals surface area contributed by atoms with E-state index >= 15 is 0 Å². The summed E-state index contributed by atoms with van der Waals surface area (Å²) < 4.78 is 5.44. The van der Waals surface area contributed by atoms with Gasteiger partial charge in [0, 0.05) is 0 Å². The van der Waals surface area contributed by atoms with E-state index in [4.69, 9.17) is 10.5 Å². The van der Waals surface area contributed by atoms with Gasteiger partial charge in [-0.2, -0.15) is 0 Å². The summed E-state index contributed by atoms with van der Waals surface area (Å²) in [4.78, 5) is 12.0. The van der Waals surface area contributed by atoms with Crippen LogP contribution in [0, 0.1) is 11.8 Å². The monoisotopic (exact) mass is 227 g/mol. The van der Waals surface area contributed by atoms with Crippen molar-refractivity contribution in [3.63, 3.8) is 0 Å². The van der Waals surface area contributed by atoms with Crippen molar-refractivity contribution in [2.45, 2.75) is 65.0 Å². The molecule has 0 aliphatic heterocycles. The molecule has 2 N–H and O–H groups in total. The van der Waals surface area contributed by atoms with Crippen LogP contribution >= 0.6 is 0 Å². The minimum absolute atomic E-state index is 0.0508. The molecule has 16 heavy (non-hydrogen) atoms. The van der Waals surface area contributed by atoms with E-state index < -0.39 is 5.54 Å². The average molecular weight is 227 g/mol. The molecule has 3 heteroatoms. The fourth-order valence-corrected chi connectivity index (χ4v) is 2.20. The maximum atomic E-state index is 12.0. The molecule has 1 aliphatic rings. The summed E-state index contributed by atoms with van der Waals surface area (Å²) in [6.45, 7) is 8.17. The van der Waals surface area contributed by atoms with Crippen molar-refractivity contribution in [3.8, 4) is 0 Å². The molecule has 0 bridgehead atoms. The molecule has 94 valence electrons. The highest BCUT2D eigenvalue weighted by Gasteiger charge is 2.40. The van der Waals surface area contributed by atoms with Gasteiger partial charge in [-0.25, -0.2) is 0 Å². The largest absolute Gasteiger partial charge is 0.461 e. The lowest BCUT2D eigenvalue weighted by atomic mass is 9.77. The number of hydrogen-bond donors (Lipinski definition) is 1. The summed E-state index contributed by atoms with van der Waals surface area (Å²) in [6.07, 6.45) is 3.68. The highest BCUT2D eigenvalue weighted by Crippen LogP contribution is 2.31. The molecule has 0 aromatic carbocycles. The van der Waals surface area contributed by atoms with Crippen LogP contribution in [-0.2, 0) is 9.53 Å². The second-order valence-electron chi connectivity index (χ2n) is 5.71. The van der Waals surface area contributed by atoms with Gasteiger partial charge in [0.2, 0.25) is 0 Å². The number of rotatable bonds is 3. The molecule has 3 nitrogen and oxygen atoms in total. The van der Waals surface area contributed by atoms with E-state index in [9.17, 15) is 4.79 Å². The van der Waals surface area contributed by atoms with Crippen molar-refractivity contribution in [3.05, 3.63) is 0 Å². The van der Waals surface area contributed by atoms with Crippen LogP contribution in [-0.4, -0.2) is 17.6 Å². The Morgan fingerprint density at radius 2 is 2.06 bits per heavy atom. The summed E-state index contributed by atoms with van der Waals surface area (Å²) in [5, 5.41) is 0. The molecular formula is C13H25NO2. The molecule has 0 amide bonds. The quantitative estimate of drug-likeness (QED) is 0.754. The summed E-state index contributed by atoms with van der Waals surface area (Å²) in [5.41, 5.74) is 5.43. The van der Waals surface area contributed by atoms with Crippen LogP contribution in [0.5, 0.6) is 0 Å². The van der Waals surface area contributed by atoms with Crippen LogP contribution in [0.2, 0.25) is 0 Å². The van der Waals surface area contributed by atoms with Crippen molar-refractivity contribution in [2.75, 3.05) is 0 Å². The van der Waals surface area contributed by atoms with E-state index in [-0.39, 0.29) is 12.1 Å². The highest BCUT2D eigenvalue weighted by atomic mass is 16.5. The number of nitrogens with two attached hydrogens (primary N) is 1. The van der Waals surface area contributed by atoms with Crippen molar-refractivity contribution in [1.29, 1.82) is 0 Å². The lowest BCUT2D eigenvalue weighted by Crippen LogP contribution is -2.52. The molecule has 1 fully saturated rings. The Balaban J connectivity index is 2.58. The predicted octanol–water partition coefficient (Wildman–Crippen LogP) is 2.48. The molecule has 0 radical (unpaired) electrons. The zero-order valence-electron chi connectivity index (χ0n) is 11.0. The van der Waals surface area contributed by atoms with Gasteiger partial charge < -0.3 is 10.5 Å². The SMILES string of the molecule is CC1CCCC(N)(C(=O)OC(C)C(C)C)C1. The van der Waals surface area contributed by atoms with E-state index in [2.05, 4.69) is 6.92 Å². The molecule has 1 rings (SSSR count). The lowest BCUT2D eigenvalue weighted by Gasteiger charge is -2.35. The third-order valence-electron chi connectivity index (χ3n) is 3.67. The maximum Gasteiger partial charge on any atom is 0.326 e. The van der Waals surface area contributed by atoms with E-state index in [1.54, 1.807) is 0 Å². The maximum absolute atomic E-state index is 12.0. The normalized spacial score (nSPS) is 32.5. The van der Waals surface area contributed by atoms with E-state index in [0.29, 0.717) is 11.8 Å². The van der Waals surface area contributed by atoms with Crippen molar-refractivity contribution in [1.82, 2.24) is 0 Å². The van der Waals surface area contributed by atoms with Gasteiger partial charge in [0.1, 0.15) is 11.6 Å². The van der Waals surface area contributed by atoms with Gasteiger partial charge in [0.15, 0.2) is 0 Å². The second-order valence-corrected chi connectivity index (χ2v) is 5.71. The predicted molar refractivity (Wildman–Crippen MR) is 64.9 cm³/mol. The van der Waals surface area contributed by atoms with Gasteiger partial charge >= 0.3 is 5.97 Å². The van der Waals surface area contributed by atoms with Crippen LogP contribution < -0.4 is 5.73 Å². The average Bonchev–Trinajstić information content (AvgIpc) is 2.16. The highest BCUT2D eigenvalue weighted by molar-refractivity contribution is 5.80. The lowest BCUT2D eigenvalue weighted by molar-refractivity contribution is -0.158. The first kappa shape index (κ1) is 13.5. The van der Waals surface area contributed by atoms with Crippen LogP contribution in [0.4, 0.5) is 0 Å². The molecule has 0 aromatic heterocycles. The Kier molecular flexibility index (Phi) is 4.36. The first-order valence-electron chi connectivity index (χ1n) is 6.35. The van der Waals surface area contributed by atoms with Gasteiger partial charge in [0.05, 0.1) is 0 Å². The zero-order valence-corrected chi connectivity index (χ0v) is 11.0. The van der Waals surface area contributed by atoms with Crippen LogP contribution in [0.3, 0.4) is 0 Å². The van der Waals surface area contributed by atoms with Crippen molar-refractivity contribution < 1.29 is 9.53 Å². The molecule has 0 heterocycles. The molecular weight excluding hydrogens is 202 g/mol. The summed E-state index contributed by atoms with van der Waals surface area (Å²) in [5.74, 6) is 0.662. The summed E-state index contributed by atoms with van der Waals surface area (Å²) in [6, 6.07) is 0. The molecule has 0 spiro atoms.